The monoisotopic (exact) mass is 303 g/mol. The van der Waals surface area contributed by atoms with Gasteiger partial charge in [0, 0.05) is 18.4 Å². The summed E-state index contributed by atoms with van der Waals surface area (Å²) in [6, 6.07) is 0. The van der Waals surface area contributed by atoms with Gasteiger partial charge in [0.15, 0.2) is 0 Å². The summed E-state index contributed by atoms with van der Waals surface area (Å²) in [5.41, 5.74) is 0.475. The SMILES string of the molecule is CC1(C)[C@@]2(C(=O)NCCC3=CCCCC3)CC[C@]1(C)C(=O)C2. The number of ketones is 1. The summed E-state index contributed by atoms with van der Waals surface area (Å²) >= 11 is 0. The van der Waals surface area contributed by atoms with E-state index in [1.807, 2.05) is 0 Å². The fourth-order valence-electron chi connectivity index (χ4n) is 5.00. The van der Waals surface area contributed by atoms with Crippen molar-refractivity contribution in [2.75, 3.05) is 6.54 Å². The van der Waals surface area contributed by atoms with Crippen molar-refractivity contribution in [3.05, 3.63) is 11.6 Å². The Bertz CT molecular complexity index is 534. The Balaban J connectivity index is 1.65. The Morgan fingerprint density at radius 3 is 2.55 bits per heavy atom. The number of fused-ring (bicyclic) bond motifs is 2. The third-order valence-corrected chi connectivity index (χ3v) is 7.26. The third kappa shape index (κ3) is 2.00. The number of nitrogens with one attached hydrogen (secondary N) is 1. The van der Waals surface area contributed by atoms with Gasteiger partial charge in [0.25, 0.3) is 0 Å². The lowest BCUT2D eigenvalue weighted by Crippen LogP contribution is -2.47. The molecule has 3 rings (SSSR count). The van der Waals surface area contributed by atoms with Gasteiger partial charge in [-0.25, -0.2) is 0 Å². The molecular weight excluding hydrogens is 274 g/mol. The van der Waals surface area contributed by atoms with Crippen LogP contribution in [0, 0.1) is 16.2 Å². The number of hydrogen-bond acceptors (Lipinski definition) is 2. The quantitative estimate of drug-likeness (QED) is 0.803. The maximum Gasteiger partial charge on any atom is 0.227 e. The zero-order chi connectivity index (χ0) is 16.0. The van der Waals surface area contributed by atoms with Crippen LogP contribution in [0.1, 0.15) is 72.1 Å². The van der Waals surface area contributed by atoms with Crippen molar-refractivity contribution in [1.82, 2.24) is 5.32 Å². The molecule has 0 heterocycles. The maximum absolute atomic E-state index is 12.9. The molecule has 3 nitrogen and oxygen atoms in total. The Labute approximate surface area is 133 Å². The largest absolute Gasteiger partial charge is 0.355 e. The van der Waals surface area contributed by atoms with Crippen LogP contribution in [-0.4, -0.2) is 18.2 Å². The first-order valence-electron chi connectivity index (χ1n) is 8.83. The predicted octanol–water partition coefficient (Wildman–Crippen LogP) is 3.78. The molecule has 22 heavy (non-hydrogen) atoms. The summed E-state index contributed by atoms with van der Waals surface area (Å²) in [6.07, 6.45) is 10.4. The molecule has 0 aromatic carbocycles. The molecule has 3 aliphatic carbocycles. The predicted molar refractivity (Wildman–Crippen MR) is 87.4 cm³/mol. The van der Waals surface area contributed by atoms with Gasteiger partial charge in [0.05, 0.1) is 5.41 Å². The van der Waals surface area contributed by atoms with E-state index in [-0.39, 0.29) is 22.5 Å². The zero-order valence-electron chi connectivity index (χ0n) is 14.3. The van der Waals surface area contributed by atoms with Crippen molar-refractivity contribution in [3.63, 3.8) is 0 Å². The number of allylic oxidation sites excluding steroid dienone is 1. The van der Waals surface area contributed by atoms with Gasteiger partial charge in [-0.1, -0.05) is 32.4 Å². The normalized spacial score (nSPS) is 36.3. The third-order valence-electron chi connectivity index (χ3n) is 7.26. The smallest absolute Gasteiger partial charge is 0.227 e. The summed E-state index contributed by atoms with van der Waals surface area (Å²) in [6.45, 7) is 7.01. The first-order valence-corrected chi connectivity index (χ1v) is 8.83. The lowest BCUT2D eigenvalue weighted by atomic mass is 9.64. The van der Waals surface area contributed by atoms with Crippen LogP contribution in [0.2, 0.25) is 0 Å². The van der Waals surface area contributed by atoms with Gasteiger partial charge < -0.3 is 5.32 Å². The lowest BCUT2D eigenvalue weighted by molar-refractivity contribution is -0.136. The van der Waals surface area contributed by atoms with E-state index in [1.165, 1.54) is 31.3 Å². The molecule has 1 amide bonds. The molecule has 0 aromatic rings. The maximum atomic E-state index is 12.9. The molecule has 3 heteroatoms. The summed E-state index contributed by atoms with van der Waals surface area (Å²) < 4.78 is 0. The average molecular weight is 303 g/mol. The average Bonchev–Trinajstić information content (AvgIpc) is 2.78. The summed E-state index contributed by atoms with van der Waals surface area (Å²) in [5.74, 6) is 0.400. The number of carbonyl (C=O) groups is 2. The van der Waals surface area contributed by atoms with Crippen molar-refractivity contribution < 1.29 is 9.59 Å². The topological polar surface area (TPSA) is 46.2 Å². The number of amides is 1. The Morgan fingerprint density at radius 1 is 1.23 bits per heavy atom. The van der Waals surface area contributed by atoms with Crippen LogP contribution in [0.4, 0.5) is 0 Å². The molecule has 1 N–H and O–H groups in total. The van der Waals surface area contributed by atoms with Crippen molar-refractivity contribution in [2.24, 2.45) is 16.2 Å². The Kier molecular flexibility index (Phi) is 3.73. The molecule has 2 fully saturated rings. The highest BCUT2D eigenvalue weighted by molar-refractivity contribution is 5.99. The highest BCUT2D eigenvalue weighted by Gasteiger charge is 2.72. The highest BCUT2D eigenvalue weighted by Crippen LogP contribution is 2.70. The standard InChI is InChI=1S/C19H29NO2/c1-17(2)18(3)10-11-19(17,13-15(18)21)16(22)20-12-9-14-7-5-4-6-8-14/h7H,4-6,8-13H2,1-3H3,(H,20,22)/t18-,19+/m1/s1. The minimum atomic E-state index is -0.472. The molecule has 0 aliphatic heterocycles. The second-order valence-electron chi connectivity index (χ2n) is 8.25. The van der Waals surface area contributed by atoms with E-state index >= 15 is 0 Å². The van der Waals surface area contributed by atoms with Crippen molar-refractivity contribution in [2.45, 2.75) is 72.1 Å². The molecule has 2 saturated carbocycles. The molecule has 0 aromatic heterocycles. The first-order chi connectivity index (χ1) is 10.3. The van der Waals surface area contributed by atoms with E-state index in [0.717, 1.165) is 19.3 Å². The molecule has 0 spiro atoms. The van der Waals surface area contributed by atoms with Crippen LogP contribution in [-0.2, 0) is 9.59 Å². The van der Waals surface area contributed by atoms with Crippen LogP contribution in [0.3, 0.4) is 0 Å². The summed E-state index contributed by atoms with van der Waals surface area (Å²) in [7, 11) is 0. The van der Waals surface area contributed by atoms with Gasteiger partial charge in [-0.3, -0.25) is 9.59 Å². The van der Waals surface area contributed by atoms with Crippen molar-refractivity contribution in [3.8, 4) is 0 Å². The lowest BCUT2D eigenvalue weighted by Gasteiger charge is -2.38. The highest BCUT2D eigenvalue weighted by atomic mass is 16.2. The van der Waals surface area contributed by atoms with Crippen LogP contribution in [0.15, 0.2) is 11.6 Å². The van der Waals surface area contributed by atoms with Gasteiger partial charge >= 0.3 is 0 Å². The van der Waals surface area contributed by atoms with Gasteiger partial charge in [0.1, 0.15) is 5.78 Å². The minimum absolute atomic E-state index is 0.114. The Morgan fingerprint density at radius 2 is 2.00 bits per heavy atom. The van der Waals surface area contributed by atoms with Crippen LogP contribution in [0.5, 0.6) is 0 Å². The van der Waals surface area contributed by atoms with E-state index in [2.05, 4.69) is 32.2 Å². The van der Waals surface area contributed by atoms with Gasteiger partial charge in [-0.15, -0.1) is 0 Å². The second-order valence-corrected chi connectivity index (χ2v) is 8.25. The van der Waals surface area contributed by atoms with E-state index in [4.69, 9.17) is 0 Å². The summed E-state index contributed by atoms with van der Waals surface area (Å²) in [4.78, 5) is 25.3. The fourth-order valence-corrected chi connectivity index (χ4v) is 5.00. The Hall–Kier alpha value is -1.12. The molecule has 3 aliphatic rings. The van der Waals surface area contributed by atoms with E-state index in [9.17, 15) is 9.59 Å². The minimum Gasteiger partial charge on any atom is -0.355 e. The summed E-state index contributed by atoms with van der Waals surface area (Å²) in [5, 5.41) is 3.15. The van der Waals surface area contributed by atoms with Crippen molar-refractivity contribution in [1.29, 1.82) is 0 Å². The molecule has 0 saturated heterocycles. The molecule has 122 valence electrons. The molecule has 2 atom stereocenters. The van der Waals surface area contributed by atoms with Crippen LogP contribution < -0.4 is 5.32 Å². The van der Waals surface area contributed by atoms with Gasteiger partial charge in [0.2, 0.25) is 5.91 Å². The zero-order valence-corrected chi connectivity index (χ0v) is 14.3. The van der Waals surface area contributed by atoms with Crippen LogP contribution in [0.25, 0.3) is 0 Å². The van der Waals surface area contributed by atoms with Gasteiger partial charge in [-0.05, 0) is 50.4 Å². The number of hydrogen-bond donors (Lipinski definition) is 1. The second kappa shape index (κ2) is 5.21. The first kappa shape index (κ1) is 15.8. The van der Waals surface area contributed by atoms with Crippen molar-refractivity contribution >= 4 is 11.7 Å². The molecular formula is C19H29NO2. The van der Waals surface area contributed by atoms with E-state index < -0.39 is 5.41 Å². The number of Topliss-reactive ketones (excluding diaryl/α,β-unsaturated/α-hetero) is 1. The van der Waals surface area contributed by atoms with Crippen LogP contribution >= 0.6 is 0 Å². The van der Waals surface area contributed by atoms with E-state index in [0.29, 0.717) is 13.0 Å². The van der Waals surface area contributed by atoms with E-state index in [1.54, 1.807) is 0 Å². The molecule has 0 radical (unpaired) electrons. The fraction of sp³-hybridized carbons (Fsp3) is 0.789. The molecule has 0 unspecified atom stereocenters. The number of carbonyl (C=O) groups excluding carboxylic acids is 2. The van der Waals surface area contributed by atoms with Gasteiger partial charge in [-0.2, -0.15) is 0 Å². The number of rotatable bonds is 4. The molecule has 2 bridgehead atoms.